The number of rotatable bonds is 8. The fourth-order valence-corrected chi connectivity index (χ4v) is 2.45. The van der Waals surface area contributed by atoms with Crippen molar-refractivity contribution < 1.29 is 13.9 Å². The van der Waals surface area contributed by atoms with Gasteiger partial charge in [-0.05, 0) is 56.5 Å². The first-order valence-corrected chi connectivity index (χ1v) is 8.41. The molecule has 1 fully saturated rings. The maximum atomic E-state index is 11.6. The molecular formula is C19H24N2O3. The largest absolute Gasteiger partial charge is 0.484 e. The number of hydrogen-bond donors (Lipinski definition) is 2. The summed E-state index contributed by atoms with van der Waals surface area (Å²) in [5, 5.41) is 6.33. The van der Waals surface area contributed by atoms with E-state index in [0.29, 0.717) is 18.3 Å². The van der Waals surface area contributed by atoms with E-state index < -0.39 is 0 Å². The molecule has 1 aromatic heterocycles. The van der Waals surface area contributed by atoms with Crippen molar-refractivity contribution in [3.8, 4) is 5.75 Å². The first kappa shape index (κ1) is 16.6. The number of benzene rings is 1. The van der Waals surface area contributed by atoms with Crippen molar-refractivity contribution in [3.63, 3.8) is 0 Å². The molecule has 1 amide bonds. The quantitative estimate of drug-likeness (QED) is 0.781. The summed E-state index contributed by atoms with van der Waals surface area (Å²) in [6, 6.07) is 12.3. The predicted octanol–water partition coefficient (Wildman–Crippen LogP) is 3.10. The summed E-state index contributed by atoms with van der Waals surface area (Å²) >= 11 is 0. The zero-order valence-corrected chi connectivity index (χ0v) is 14.2. The Bertz CT molecular complexity index is 674. The molecule has 0 radical (unpaired) electrons. The van der Waals surface area contributed by atoms with E-state index in [1.807, 2.05) is 43.3 Å². The van der Waals surface area contributed by atoms with Crippen molar-refractivity contribution in [1.29, 1.82) is 0 Å². The van der Waals surface area contributed by atoms with Gasteiger partial charge in [0, 0.05) is 12.1 Å². The van der Waals surface area contributed by atoms with Crippen LogP contribution in [0.4, 0.5) is 0 Å². The molecule has 1 aliphatic carbocycles. The van der Waals surface area contributed by atoms with Crippen LogP contribution in [-0.2, 0) is 11.3 Å². The second kappa shape index (κ2) is 7.53. The number of amides is 1. The SMILES string of the molecule is Cc1ccc(CN[C@H](C)c2ccc(OCC(=O)NC3CC3)cc2)o1. The monoisotopic (exact) mass is 328 g/mol. The number of aryl methyl sites for hydroxylation is 1. The molecule has 1 aromatic carbocycles. The molecule has 0 bridgehead atoms. The van der Waals surface area contributed by atoms with Gasteiger partial charge in [-0.2, -0.15) is 0 Å². The molecule has 1 atom stereocenters. The van der Waals surface area contributed by atoms with Crippen molar-refractivity contribution in [3.05, 3.63) is 53.5 Å². The van der Waals surface area contributed by atoms with E-state index in [4.69, 9.17) is 9.15 Å². The minimum atomic E-state index is -0.0506. The average molecular weight is 328 g/mol. The molecule has 0 spiro atoms. The Labute approximate surface area is 142 Å². The summed E-state index contributed by atoms with van der Waals surface area (Å²) in [4.78, 5) is 11.6. The van der Waals surface area contributed by atoms with Gasteiger partial charge in [0.15, 0.2) is 6.61 Å². The molecule has 1 aliphatic rings. The molecule has 1 heterocycles. The number of ether oxygens (including phenoxy) is 1. The third-order valence-corrected chi connectivity index (χ3v) is 4.07. The van der Waals surface area contributed by atoms with Gasteiger partial charge in [-0.15, -0.1) is 0 Å². The fraction of sp³-hybridized carbons (Fsp3) is 0.421. The third kappa shape index (κ3) is 4.86. The molecule has 5 nitrogen and oxygen atoms in total. The van der Waals surface area contributed by atoms with Gasteiger partial charge in [-0.1, -0.05) is 12.1 Å². The highest BCUT2D eigenvalue weighted by Gasteiger charge is 2.23. The zero-order valence-electron chi connectivity index (χ0n) is 14.2. The molecule has 0 aliphatic heterocycles. The number of hydrogen-bond acceptors (Lipinski definition) is 4. The molecule has 2 aromatic rings. The van der Waals surface area contributed by atoms with E-state index in [0.717, 1.165) is 29.9 Å². The van der Waals surface area contributed by atoms with Crippen molar-refractivity contribution in [2.75, 3.05) is 6.61 Å². The summed E-state index contributed by atoms with van der Waals surface area (Å²) in [6.07, 6.45) is 2.17. The minimum absolute atomic E-state index is 0.0506. The maximum absolute atomic E-state index is 11.6. The number of nitrogens with one attached hydrogen (secondary N) is 2. The van der Waals surface area contributed by atoms with Gasteiger partial charge >= 0.3 is 0 Å². The van der Waals surface area contributed by atoms with Crippen LogP contribution in [0.5, 0.6) is 5.75 Å². The molecule has 2 N–H and O–H groups in total. The Hall–Kier alpha value is -2.27. The van der Waals surface area contributed by atoms with Gasteiger partial charge in [-0.3, -0.25) is 4.79 Å². The Morgan fingerprint density at radius 2 is 2.00 bits per heavy atom. The van der Waals surface area contributed by atoms with Gasteiger partial charge < -0.3 is 19.8 Å². The Morgan fingerprint density at radius 3 is 2.62 bits per heavy atom. The number of carbonyl (C=O) groups excluding carboxylic acids is 1. The van der Waals surface area contributed by atoms with Crippen LogP contribution in [0.3, 0.4) is 0 Å². The van der Waals surface area contributed by atoms with Crippen LogP contribution in [0.15, 0.2) is 40.8 Å². The summed E-state index contributed by atoms with van der Waals surface area (Å²) in [5.74, 6) is 2.51. The van der Waals surface area contributed by atoms with Crippen molar-refractivity contribution in [2.24, 2.45) is 0 Å². The Morgan fingerprint density at radius 1 is 1.25 bits per heavy atom. The van der Waals surface area contributed by atoms with Crippen LogP contribution >= 0.6 is 0 Å². The summed E-state index contributed by atoms with van der Waals surface area (Å²) in [6.45, 7) is 4.81. The van der Waals surface area contributed by atoms with Crippen LogP contribution in [0.2, 0.25) is 0 Å². The van der Waals surface area contributed by atoms with E-state index in [2.05, 4.69) is 17.6 Å². The van der Waals surface area contributed by atoms with Crippen LogP contribution in [0.25, 0.3) is 0 Å². The smallest absolute Gasteiger partial charge is 0.258 e. The minimum Gasteiger partial charge on any atom is -0.484 e. The molecule has 1 saturated carbocycles. The highest BCUT2D eigenvalue weighted by Crippen LogP contribution is 2.20. The van der Waals surface area contributed by atoms with Crippen molar-refractivity contribution in [2.45, 2.75) is 45.3 Å². The number of furan rings is 1. The number of carbonyl (C=O) groups is 1. The molecule has 0 saturated heterocycles. The second-order valence-electron chi connectivity index (χ2n) is 6.31. The maximum Gasteiger partial charge on any atom is 0.258 e. The van der Waals surface area contributed by atoms with Crippen LogP contribution in [-0.4, -0.2) is 18.6 Å². The molecule has 24 heavy (non-hydrogen) atoms. The van der Waals surface area contributed by atoms with E-state index >= 15 is 0 Å². The van der Waals surface area contributed by atoms with Gasteiger partial charge in [0.25, 0.3) is 5.91 Å². The molecule has 5 heteroatoms. The van der Waals surface area contributed by atoms with Gasteiger partial charge in [-0.25, -0.2) is 0 Å². The summed E-state index contributed by atoms with van der Waals surface area (Å²) in [5.41, 5.74) is 1.16. The highest BCUT2D eigenvalue weighted by atomic mass is 16.5. The highest BCUT2D eigenvalue weighted by molar-refractivity contribution is 5.78. The fourth-order valence-electron chi connectivity index (χ4n) is 2.45. The predicted molar refractivity (Wildman–Crippen MR) is 91.8 cm³/mol. The Kier molecular flexibility index (Phi) is 5.20. The third-order valence-electron chi connectivity index (χ3n) is 4.07. The van der Waals surface area contributed by atoms with Crippen LogP contribution in [0, 0.1) is 6.92 Å². The normalized spacial score (nSPS) is 15.1. The molecule has 3 rings (SSSR count). The molecule has 0 unspecified atom stereocenters. The second-order valence-corrected chi connectivity index (χ2v) is 6.31. The van der Waals surface area contributed by atoms with Crippen molar-refractivity contribution >= 4 is 5.91 Å². The van der Waals surface area contributed by atoms with Crippen LogP contribution < -0.4 is 15.4 Å². The van der Waals surface area contributed by atoms with Gasteiger partial charge in [0.05, 0.1) is 6.54 Å². The van der Waals surface area contributed by atoms with Gasteiger partial charge in [0.2, 0.25) is 0 Å². The van der Waals surface area contributed by atoms with Gasteiger partial charge in [0.1, 0.15) is 17.3 Å². The van der Waals surface area contributed by atoms with E-state index in [1.54, 1.807) is 0 Å². The lowest BCUT2D eigenvalue weighted by atomic mass is 10.1. The molecule has 128 valence electrons. The van der Waals surface area contributed by atoms with Crippen molar-refractivity contribution in [1.82, 2.24) is 10.6 Å². The summed E-state index contributed by atoms with van der Waals surface area (Å²) < 4.78 is 11.1. The standard InChI is InChI=1S/C19H24N2O3/c1-13-3-8-18(24-13)11-20-14(2)15-4-9-17(10-5-15)23-12-19(22)21-16-6-7-16/h3-5,8-10,14,16,20H,6-7,11-12H2,1-2H3,(H,21,22)/t14-/m1/s1. The lowest BCUT2D eigenvalue weighted by Crippen LogP contribution is -2.30. The first-order chi connectivity index (χ1) is 11.6. The lowest BCUT2D eigenvalue weighted by molar-refractivity contribution is -0.123. The Balaban J connectivity index is 1.45. The first-order valence-electron chi connectivity index (χ1n) is 8.41. The van der Waals surface area contributed by atoms with E-state index in [9.17, 15) is 4.79 Å². The van der Waals surface area contributed by atoms with E-state index in [1.165, 1.54) is 0 Å². The topological polar surface area (TPSA) is 63.5 Å². The average Bonchev–Trinajstić information content (AvgIpc) is 3.30. The lowest BCUT2D eigenvalue weighted by Gasteiger charge is -2.14. The summed E-state index contributed by atoms with van der Waals surface area (Å²) in [7, 11) is 0. The van der Waals surface area contributed by atoms with E-state index in [-0.39, 0.29) is 18.6 Å². The molecular weight excluding hydrogens is 304 g/mol. The van der Waals surface area contributed by atoms with Crippen LogP contribution in [0.1, 0.15) is 42.9 Å². The zero-order chi connectivity index (χ0) is 16.9.